The molecule has 2 amide bonds. The predicted molar refractivity (Wildman–Crippen MR) is 87.1 cm³/mol. The number of rotatable bonds is 6. The maximum Gasteiger partial charge on any atom is 0.275 e. The normalized spacial score (nSPS) is 16.6. The molecule has 2 rings (SSSR count). The quantitative estimate of drug-likeness (QED) is 0.817. The van der Waals surface area contributed by atoms with Crippen LogP contribution in [0.5, 0.6) is 0 Å². The molecule has 6 heteroatoms. The monoisotopic (exact) mass is 319 g/mol. The molecule has 1 aromatic heterocycles. The zero-order chi connectivity index (χ0) is 16.8. The van der Waals surface area contributed by atoms with Crippen molar-refractivity contribution in [1.82, 2.24) is 15.2 Å². The van der Waals surface area contributed by atoms with Crippen molar-refractivity contribution < 1.29 is 14.0 Å². The van der Waals surface area contributed by atoms with E-state index in [2.05, 4.69) is 16.9 Å². The second-order valence-electron chi connectivity index (χ2n) is 6.12. The molecule has 1 saturated carbocycles. The molecule has 0 spiro atoms. The molecule has 1 heterocycles. The minimum absolute atomic E-state index is 0.152. The minimum Gasteiger partial charge on any atom is -0.448 e. The van der Waals surface area contributed by atoms with Crippen LogP contribution >= 0.6 is 0 Å². The fourth-order valence-corrected chi connectivity index (χ4v) is 2.76. The molecule has 1 unspecified atom stereocenters. The van der Waals surface area contributed by atoms with Gasteiger partial charge in [0.25, 0.3) is 5.91 Å². The molecule has 1 aromatic rings. The van der Waals surface area contributed by atoms with Crippen LogP contribution in [0, 0.1) is 0 Å². The summed E-state index contributed by atoms with van der Waals surface area (Å²) in [5.74, 6) is 0.559. The molecule has 23 heavy (non-hydrogen) atoms. The summed E-state index contributed by atoms with van der Waals surface area (Å²) in [6.07, 6.45) is 8.45. The van der Waals surface area contributed by atoms with Crippen LogP contribution in [0.2, 0.25) is 0 Å². The Kier molecular flexibility index (Phi) is 5.96. The zero-order valence-electron chi connectivity index (χ0n) is 13.9. The third kappa shape index (κ3) is 4.43. The number of hydrogen-bond donors (Lipinski definition) is 1. The van der Waals surface area contributed by atoms with Gasteiger partial charge in [0.05, 0.1) is 0 Å². The number of aromatic nitrogens is 1. The lowest BCUT2D eigenvalue weighted by atomic mass is 9.89. The molecule has 1 N–H and O–H groups in total. The highest BCUT2D eigenvalue weighted by atomic mass is 16.3. The van der Waals surface area contributed by atoms with Gasteiger partial charge in [-0.1, -0.05) is 25.8 Å². The second-order valence-corrected chi connectivity index (χ2v) is 6.12. The topological polar surface area (TPSA) is 75.4 Å². The Balaban J connectivity index is 1.95. The lowest BCUT2D eigenvalue weighted by Gasteiger charge is -2.24. The van der Waals surface area contributed by atoms with Crippen LogP contribution in [-0.2, 0) is 4.79 Å². The first kappa shape index (κ1) is 17.2. The van der Waals surface area contributed by atoms with Crippen molar-refractivity contribution in [3.63, 3.8) is 0 Å². The van der Waals surface area contributed by atoms with Gasteiger partial charge in [-0.25, -0.2) is 4.98 Å². The van der Waals surface area contributed by atoms with Crippen LogP contribution in [0.15, 0.2) is 23.3 Å². The minimum atomic E-state index is -0.251. The molecular weight excluding hydrogens is 294 g/mol. The summed E-state index contributed by atoms with van der Waals surface area (Å²) in [4.78, 5) is 29.6. The Morgan fingerprint density at radius 3 is 2.83 bits per heavy atom. The summed E-state index contributed by atoms with van der Waals surface area (Å²) in [6, 6.07) is -0.152. The lowest BCUT2D eigenvalue weighted by molar-refractivity contribution is -0.116. The van der Waals surface area contributed by atoms with Crippen molar-refractivity contribution in [2.75, 3.05) is 13.6 Å². The molecule has 1 aliphatic carbocycles. The molecule has 0 radical (unpaired) electrons. The molecule has 0 bridgehead atoms. The SMILES string of the molecule is C=CC(=O)NCC(C)N(C)C(=O)c1coc(C2CCCCC2)n1. The van der Waals surface area contributed by atoms with Crippen LogP contribution in [0.25, 0.3) is 0 Å². The van der Waals surface area contributed by atoms with E-state index in [-0.39, 0.29) is 17.9 Å². The van der Waals surface area contributed by atoms with Crippen molar-refractivity contribution in [3.05, 3.63) is 30.5 Å². The van der Waals surface area contributed by atoms with Gasteiger partial charge in [-0.05, 0) is 25.8 Å². The number of oxazole rings is 1. The maximum absolute atomic E-state index is 12.5. The standard InChI is InChI=1S/C17H25N3O3/c1-4-15(21)18-10-12(2)20(3)17(22)14-11-23-16(19-14)13-8-6-5-7-9-13/h4,11-13H,1,5-10H2,2-3H3,(H,18,21). The van der Waals surface area contributed by atoms with Crippen LogP contribution in [0.4, 0.5) is 0 Å². The van der Waals surface area contributed by atoms with Crippen molar-refractivity contribution in [3.8, 4) is 0 Å². The molecular formula is C17H25N3O3. The van der Waals surface area contributed by atoms with Crippen molar-refractivity contribution in [1.29, 1.82) is 0 Å². The second kappa shape index (κ2) is 7.94. The van der Waals surface area contributed by atoms with Crippen LogP contribution < -0.4 is 5.32 Å². The Morgan fingerprint density at radius 1 is 1.48 bits per heavy atom. The van der Waals surface area contributed by atoms with E-state index in [1.54, 1.807) is 11.9 Å². The maximum atomic E-state index is 12.5. The van der Waals surface area contributed by atoms with Gasteiger partial charge in [-0.2, -0.15) is 0 Å². The Hall–Kier alpha value is -2.11. The summed E-state index contributed by atoms with van der Waals surface area (Å²) in [7, 11) is 1.70. The van der Waals surface area contributed by atoms with Gasteiger partial charge in [-0.15, -0.1) is 0 Å². The molecule has 1 atom stereocenters. The number of carbonyl (C=O) groups excluding carboxylic acids is 2. The summed E-state index contributed by atoms with van der Waals surface area (Å²) < 4.78 is 5.53. The molecule has 6 nitrogen and oxygen atoms in total. The smallest absolute Gasteiger partial charge is 0.275 e. The molecule has 126 valence electrons. The highest BCUT2D eigenvalue weighted by molar-refractivity contribution is 5.92. The van der Waals surface area contributed by atoms with Crippen molar-refractivity contribution in [2.24, 2.45) is 0 Å². The van der Waals surface area contributed by atoms with Gasteiger partial charge in [-0.3, -0.25) is 9.59 Å². The van der Waals surface area contributed by atoms with Crippen molar-refractivity contribution >= 4 is 11.8 Å². The first-order chi connectivity index (χ1) is 11.0. The molecule has 0 saturated heterocycles. The average Bonchev–Trinajstić information content (AvgIpc) is 3.08. The summed E-state index contributed by atoms with van der Waals surface area (Å²) in [5.41, 5.74) is 0.329. The fraction of sp³-hybridized carbons (Fsp3) is 0.588. The van der Waals surface area contributed by atoms with Crippen LogP contribution in [0.3, 0.4) is 0 Å². The summed E-state index contributed by atoms with van der Waals surface area (Å²) >= 11 is 0. The van der Waals surface area contributed by atoms with Gasteiger partial charge in [0.15, 0.2) is 11.6 Å². The van der Waals surface area contributed by atoms with Crippen LogP contribution in [0.1, 0.15) is 61.3 Å². The summed E-state index contributed by atoms with van der Waals surface area (Å²) in [5, 5.41) is 2.68. The Labute approximate surface area is 136 Å². The number of carbonyl (C=O) groups is 2. The first-order valence-corrected chi connectivity index (χ1v) is 8.15. The fourth-order valence-electron chi connectivity index (χ4n) is 2.76. The molecule has 1 aliphatic rings. The number of amides is 2. The number of nitrogens with zero attached hydrogens (tertiary/aromatic N) is 2. The molecule has 0 aromatic carbocycles. The van der Waals surface area contributed by atoms with E-state index in [0.29, 0.717) is 24.0 Å². The Bertz CT molecular complexity index is 561. The van der Waals surface area contributed by atoms with Crippen molar-refractivity contribution in [2.45, 2.75) is 51.0 Å². The molecule has 0 aliphatic heterocycles. The van der Waals surface area contributed by atoms with E-state index in [1.165, 1.54) is 31.6 Å². The largest absolute Gasteiger partial charge is 0.448 e. The lowest BCUT2D eigenvalue weighted by Crippen LogP contribution is -2.42. The predicted octanol–water partition coefficient (Wildman–Crippen LogP) is 2.49. The van der Waals surface area contributed by atoms with Gasteiger partial charge in [0.1, 0.15) is 6.26 Å². The highest BCUT2D eigenvalue weighted by Gasteiger charge is 2.25. The summed E-state index contributed by atoms with van der Waals surface area (Å²) in [6.45, 7) is 5.62. The van der Waals surface area contributed by atoms with E-state index in [0.717, 1.165) is 12.8 Å². The number of nitrogens with one attached hydrogen (secondary N) is 1. The van der Waals surface area contributed by atoms with E-state index >= 15 is 0 Å². The van der Waals surface area contributed by atoms with E-state index in [1.807, 2.05) is 6.92 Å². The van der Waals surface area contributed by atoms with E-state index in [4.69, 9.17) is 4.42 Å². The van der Waals surface area contributed by atoms with Gasteiger partial charge in [0, 0.05) is 25.6 Å². The van der Waals surface area contributed by atoms with E-state index < -0.39 is 0 Å². The third-order valence-corrected chi connectivity index (χ3v) is 4.43. The van der Waals surface area contributed by atoms with E-state index in [9.17, 15) is 9.59 Å². The highest BCUT2D eigenvalue weighted by Crippen LogP contribution is 2.32. The first-order valence-electron chi connectivity index (χ1n) is 8.15. The number of hydrogen-bond acceptors (Lipinski definition) is 4. The number of likely N-dealkylation sites (N-methyl/N-ethyl adjacent to an activating group) is 1. The third-order valence-electron chi connectivity index (χ3n) is 4.43. The Morgan fingerprint density at radius 2 is 2.17 bits per heavy atom. The zero-order valence-corrected chi connectivity index (χ0v) is 13.9. The molecule has 1 fully saturated rings. The van der Waals surface area contributed by atoms with Gasteiger partial charge < -0.3 is 14.6 Å². The van der Waals surface area contributed by atoms with Gasteiger partial charge >= 0.3 is 0 Å². The average molecular weight is 319 g/mol. The van der Waals surface area contributed by atoms with Gasteiger partial charge in [0.2, 0.25) is 5.91 Å². The van der Waals surface area contributed by atoms with Crippen LogP contribution in [-0.4, -0.2) is 41.3 Å².